The molecule has 2 amide bonds. The molecule has 1 atom stereocenters. The third kappa shape index (κ3) is 4.80. The van der Waals surface area contributed by atoms with Crippen molar-refractivity contribution in [1.82, 2.24) is 10.2 Å². The molecule has 2 fully saturated rings. The molecular weight excluding hydrogens is 344 g/mol. The number of rotatable bonds is 6. The molecular formula is C21H30N2O4. The van der Waals surface area contributed by atoms with Gasteiger partial charge < -0.3 is 20.4 Å². The van der Waals surface area contributed by atoms with E-state index in [1.807, 2.05) is 18.2 Å². The van der Waals surface area contributed by atoms with E-state index in [-0.39, 0.29) is 18.1 Å². The molecule has 0 spiro atoms. The molecule has 0 unspecified atom stereocenters. The largest absolute Gasteiger partial charge is 0.480 e. The van der Waals surface area contributed by atoms with Crippen molar-refractivity contribution >= 4 is 12.0 Å². The Hall–Kier alpha value is -2.08. The van der Waals surface area contributed by atoms with E-state index in [1.165, 1.54) is 5.56 Å². The van der Waals surface area contributed by atoms with Crippen LogP contribution in [0.1, 0.15) is 50.5 Å². The topological polar surface area (TPSA) is 89.9 Å². The van der Waals surface area contributed by atoms with Gasteiger partial charge in [-0.25, -0.2) is 9.59 Å². The number of amides is 2. The number of aliphatic carboxylic acids is 1. The van der Waals surface area contributed by atoms with Crippen LogP contribution >= 0.6 is 0 Å². The van der Waals surface area contributed by atoms with Gasteiger partial charge in [-0.05, 0) is 50.0 Å². The molecule has 0 aromatic heterocycles. The standard InChI is InChI=1S/C21H30N2O4/c24-18(9-8-16-6-2-1-3-7-16)17-10-14-23(15-11-17)20(27)22-21(19(25)26)12-4-5-13-21/h1-3,6-7,17-18,24H,4-5,8-15H2,(H,22,27)(H,25,26)/t18-/m0/s1. The predicted octanol–water partition coefficient (Wildman–Crippen LogP) is 2.80. The second kappa shape index (κ2) is 8.74. The summed E-state index contributed by atoms with van der Waals surface area (Å²) in [5.74, 6) is -0.739. The van der Waals surface area contributed by atoms with Crippen molar-refractivity contribution in [3.05, 3.63) is 35.9 Å². The van der Waals surface area contributed by atoms with Crippen LogP contribution < -0.4 is 5.32 Å². The Kier molecular flexibility index (Phi) is 6.37. The van der Waals surface area contributed by atoms with Gasteiger partial charge in [0.25, 0.3) is 0 Å². The van der Waals surface area contributed by atoms with Gasteiger partial charge in [-0.3, -0.25) is 0 Å². The number of likely N-dealkylation sites (tertiary alicyclic amines) is 1. The normalized spacial score (nSPS) is 21.0. The van der Waals surface area contributed by atoms with E-state index in [2.05, 4.69) is 17.4 Å². The Bertz CT molecular complexity index is 635. The molecule has 3 rings (SSSR count). The number of hydrogen-bond acceptors (Lipinski definition) is 3. The van der Waals surface area contributed by atoms with Gasteiger partial charge in [-0.15, -0.1) is 0 Å². The van der Waals surface area contributed by atoms with Crippen molar-refractivity contribution in [2.75, 3.05) is 13.1 Å². The van der Waals surface area contributed by atoms with E-state index in [9.17, 15) is 19.8 Å². The number of aryl methyl sites for hydroxylation is 1. The number of urea groups is 1. The van der Waals surface area contributed by atoms with Crippen LogP contribution in [0.3, 0.4) is 0 Å². The van der Waals surface area contributed by atoms with E-state index in [0.29, 0.717) is 25.9 Å². The smallest absolute Gasteiger partial charge is 0.329 e. The van der Waals surface area contributed by atoms with Crippen LogP contribution in [0.5, 0.6) is 0 Å². The van der Waals surface area contributed by atoms with E-state index in [1.54, 1.807) is 4.90 Å². The molecule has 1 aliphatic heterocycles. The third-order valence-electron chi connectivity index (χ3n) is 6.16. The summed E-state index contributed by atoms with van der Waals surface area (Å²) in [5, 5.41) is 22.8. The fraction of sp³-hybridized carbons (Fsp3) is 0.619. The number of carbonyl (C=O) groups is 2. The zero-order valence-corrected chi connectivity index (χ0v) is 15.8. The Morgan fingerprint density at radius 1 is 1.15 bits per heavy atom. The molecule has 1 aromatic carbocycles. The highest BCUT2D eigenvalue weighted by Gasteiger charge is 2.43. The molecule has 6 nitrogen and oxygen atoms in total. The average Bonchev–Trinajstić information content (AvgIpc) is 3.17. The Labute approximate surface area is 160 Å². The molecule has 1 heterocycles. The molecule has 6 heteroatoms. The molecule has 2 aliphatic rings. The second-order valence-corrected chi connectivity index (χ2v) is 7.94. The summed E-state index contributed by atoms with van der Waals surface area (Å²) in [7, 11) is 0. The number of aliphatic hydroxyl groups is 1. The highest BCUT2D eigenvalue weighted by Crippen LogP contribution is 2.31. The van der Waals surface area contributed by atoms with Gasteiger partial charge in [0.15, 0.2) is 0 Å². The molecule has 27 heavy (non-hydrogen) atoms. The fourth-order valence-electron chi connectivity index (χ4n) is 4.34. The number of piperidine rings is 1. The number of carbonyl (C=O) groups excluding carboxylic acids is 1. The van der Waals surface area contributed by atoms with Crippen LogP contribution in [-0.2, 0) is 11.2 Å². The van der Waals surface area contributed by atoms with Gasteiger partial charge in [0.1, 0.15) is 5.54 Å². The first-order valence-electron chi connectivity index (χ1n) is 10.0. The molecule has 1 saturated heterocycles. The molecule has 3 N–H and O–H groups in total. The Morgan fingerprint density at radius 2 is 1.78 bits per heavy atom. The van der Waals surface area contributed by atoms with E-state index in [4.69, 9.17) is 0 Å². The number of benzene rings is 1. The van der Waals surface area contributed by atoms with Crippen molar-refractivity contribution in [3.63, 3.8) is 0 Å². The Morgan fingerprint density at radius 3 is 2.37 bits per heavy atom. The summed E-state index contributed by atoms with van der Waals surface area (Å²) in [6.45, 7) is 1.13. The first-order valence-corrected chi connectivity index (χ1v) is 10.0. The highest BCUT2D eigenvalue weighted by molar-refractivity contribution is 5.86. The third-order valence-corrected chi connectivity index (χ3v) is 6.16. The maximum Gasteiger partial charge on any atom is 0.329 e. The van der Waals surface area contributed by atoms with Gasteiger partial charge in [0, 0.05) is 13.1 Å². The minimum atomic E-state index is -1.09. The number of aliphatic hydroxyl groups excluding tert-OH is 1. The summed E-state index contributed by atoms with van der Waals surface area (Å²) in [6, 6.07) is 9.86. The zero-order chi connectivity index (χ0) is 19.3. The van der Waals surface area contributed by atoms with E-state index in [0.717, 1.165) is 38.5 Å². The maximum atomic E-state index is 12.5. The van der Waals surface area contributed by atoms with Crippen LogP contribution in [0.15, 0.2) is 30.3 Å². The van der Waals surface area contributed by atoms with Crippen LogP contribution in [0.4, 0.5) is 4.79 Å². The van der Waals surface area contributed by atoms with Crippen LogP contribution in [0.25, 0.3) is 0 Å². The summed E-state index contributed by atoms with van der Waals surface area (Å²) in [5.41, 5.74) is 0.132. The molecule has 1 aliphatic carbocycles. The number of nitrogens with one attached hydrogen (secondary N) is 1. The van der Waals surface area contributed by atoms with Gasteiger partial charge in [0.2, 0.25) is 0 Å². The lowest BCUT2D eigenvalue weighted by atomic mass is 9.88. The number of carboxylic acids is 1. The lowest BCUT2D eigenvalue weighted by Gasteiger charge is -2.36. The van der Waals surface area contributed by atoms with Gasteiger partial charge >= 0.3 is 12.0 Å². The van der Waals surface area contributed by atoms with Gasteiger partial charge in [-0.2, -0.15) is 0 Å². The van der Waals surface area contributed by atoms with Crippen LogP contribution in [0.2, 0.25) is 0 Å². The lowest BCUT2D eigenvalue weighted by molar-refractivity contribution is -0.144. The van der Waals surface area contributed by atoms with Gasteiger partial charge in [0.05, 0.1) is 6.10 Å². The van der Waals surface area contributed by atoms with Crippen molar-refractivity contribution in [2.45, 2.75) is 63.0 Å². The molecule has 148 valence electrons. The SMILES string of the molecule is O=C(NC1(C(=O)O)CCCC1)N1CCC([C@@H](O)CCc2ccccc2)CC1. The van der Waals surface area contributed by atoms with Crippen molar-refractivity contribution in [2.24, 2.45) is 5.92 Å². The predicted molar refractivity (Wildman–Crippen MR) is 102 cm³/mol. The lowest BCUT2D eigenvalue weighted by Crippen LogP contribution is -2.57. The first kappa shape index (κ1) is 19.7. The first-order chi connectivity index (χ1) is 13.0. The monoisotopic (exact) mass is 374 g/mol. The molecule has 1 aromatic rings. The summed E-state index contributed by atoms with van der Waals surface area (Å²) in [4.78, 5) is 25.8. The minimum absolute atomic E-state index is 0.192. The average molecular weight is 374 g/mol. The summed E-state index contributed by atoms with van der Waals surface area (Å²) in [6.07, 6.45) is 5.39. The second-order valence-electron chi connectivity index (χ2n) is 7.94. The summed E-state index contributed by atoms with van der Waals surface area (Å²) < 4.78 is 0. The Balaban J connectivity index is 1.45. The quantitative estimate of drug-likeness (QED) is 0.714. The van der Waals surface area contributed by atoms with Crippen LogP contribution in [-0.4, -0.2) is 51.8 Å². The van der Waals surface area contributed by atoms with Crippen molar-refractivity contribution in [1.29, 1.82) is 0 Å². The number of nitrogens with zero attached hydrogens (tertiary/aromatic N) is 1. The molecule has 0 radical (unpaired) electrons. The number of carboxylic acid groups (broad SMARTS) is 1. The highest BCUT2D eigenvalue weighted by atomic mass is 16.4. The summed E-state index contributed by atoms with van der Waals surface area (Å²) >= 11 is 0. The number of hydrogen-bond donors (Lipinski definition) is 3. The van der Waals surface area contributed by atoms with Crippen molar-refractivity contribution in [3.8, 4) is 0 Å². The van der Waals surface area contributed by atoms with E-state index < -0.39 is 11.5 Å². The zero-order valence-electron chi connectivity index (χ0n) is 15.8. The maximum absolute atomic E-state index is 12.5. The fourth-order valence-corrected chi connectivity index (χ4v) is 4.34. The van der Waals surface area contributed by atoms with Crippen LogP contribution in [0, 0.1) is 5.92 Å². The van der Waals surface area contributed by atoms with Gasteiger partial charge in [-0.1, -0.05) is 43.2 Å². The minimum Gasteiger partial charge on any atom is -0.480 e. The van der Waals surface area contributed by atoms with E-state index >= 15 is 0 Å². The van der Waals surface area contributed by atoms with Crippen molar-refractivity contribution < 1.29 is 19.8 Å². The molecule has 1 saturated carbocycles. The molecule has 0 bridgehead atoms.